The van der Waals surface area contributed by atoms with E-state index < -0.39 is 0 Å². The molecule has 116 valence electrons. The van der Waals surface area contributed by atoms with Gasteiger partial charge < -0.3 is 5.32 Å². The van der Waals surface area contributed by atoms with Crippen molar-refractivity contribution < 1.29 is 4.79 Å². The van der Waals surface area contributed by atoms with Crippen LogP contribution in [0.2, 0.25) is 0 Å². The Kier molecular flexibility index (Phi) is 5.37. The molecule has 0 radical (unpaired) electrons. The molecule has 0 heterocycles. The summed E-state index contributed by atoms with van der Waals surface area (Å²) in [5, 5.41) is 3.13. The Labute approximate surface area is 133 Å². The SMILES string of the molecule is CC[C@@H](C)[C@@H](C(=O)Nc1cc(C)ccc1C)c1ccccc1. The lowest BCUT2D eigenvalue weighted by Gasteiger charge is -2.23. The Hall–Kier alpha value is -2.09. The molecule has 0 aliphatic carbocycles. The molecule has 0 fully saturated rings. The molecule has 1 N–H and O–H groups in total. The van der Waals surface area contributed by atoms with E-state index in [1.54, 1.807) is 0 Å². The average molecular weight is 295 g/mol. The summed E-state index contributed by atoms with van der Waals surface area (Å²) in [6.07, 6.45) is 0.972. The number of carbonyl (C=O) groups excluding carboxylic acids is 1. The van der Waals surface area contributed by atoms with E-state index in [4.69, 9.17) is 0 Å². The molecule has 2 aromatic rings. The van der Waals surface area contributed by atoms with Crippen LogP contribution in [0, 0.1) is 19.8 Å². The predicted octanol–water partition coefficient (Wildman–Crippen LogP) is 5.07. The van der Waals surface area contributed by atoms with E-state index >= 15 is 0 Å². The summed E-state index contributed by atoms with van der Waals surface area (Å²) < 4.78 is 0. The van der Waals surface area contributed by atoms with E-state index in [1.165, 1.54) is 0 Å². The van der Waals surface area contributed by atoms with Crippen molar-refractivity contribution in [1.82, 2.24) is 0 Å². The van der Waals surface area contributed by atoms with Gasteiger partial charge in [-0.1, -0.05) is 62.7 Å². The van der Waals surface area contributed by atoms with Crippen molar-refractivity contribution in [3.8, 4) is 0 Å². The van der Waals surface area contributed by atoms with Gasteiger partial charge in [0.2, 0.25) is 5.91 Å². The van der Waals surface area contributed by atoms with Crippen molar-refractivity contribution in [2.45, 2.75) is 40.0 Å². The van der Waals surface area contributed by atoms with E-state index in [1.807, 2.05) is 56.3 Å². The Morgan fingerprint density at radius 2 is 1.77 bits per heavy atom. The fraction of sp³-hybridized carbons (Fsp3) is 0.350. The summed E-state index contributed by atoms with van der Waals surface area (Å²) in [4.78, 5) is 12.9. The van der Waals surface area contributed by atoms with Gasteiger partial charge in [0.05, 0.1) is 5.92 Å². The van der Waals surface area contributed by atoms with Gasteiger partial charge in [-0.15, -0.1) is 0 Å². The van der Waals surface area contributed by atoms with Crippen LogP contribution in [0.1, 0.15) is 42.9 Å². The highest BCUT2D eigenvalue weighted by molar-refractivity contribution is 5.96. The molecule has 0 bridgehead atoms. The van der Waals surface area contributed by atoms with Gasteiger partial charge in [0, 0.05) is 5.69 Å². The monoisotopic (exact) mass is 295 g/mol. The van der Waals surface area contributed by atoms with Crippen LogP contribution >= 0.6 is 0 Å². The van der Waals surface area contributed by atoms with Gasteiger partial charge >= 0.3 is 0 Å². The number of aryl methyl sites for hydroxylation is 2. The summed E-state index contributed by atoms with van der Waals surface area (Å²) >= 11 is 0. The van der Waals surface area contributed by atoms with E-state index in [-0.39, 0.29) is 11.8 Å². The van der Waals surface area contributed by atoms with Crippen molar-refractivity contribution in [3.63, 3.8) is 0 Å². The maximum Gasteiger partial charge on any atom is 0.232 e. The topological polar surface area (TPSA) is 29.1 Å². The molecule has 0 saturated heterocycles. The Morgan fingerprint density at radius 3 is 2.41 bits per heavy atom. The highest BCUT2D eigenvalue weighted by Crippen LogP contribution is 2.29. The van der Waals surface area contributed by atoms with E-state index in [2.05, 4.69) is 25.2 Å². The minimum atomic E-state index is -0.119. The number of benzene rings is 2. The second-order valence-electron chi connectivity index (χ2n) is 6.08. The smallest absolute Gasteiger partial charge is 0.232 e. The number of hydrogen-bond donors (Lipinski definition) is 1. The maximum atomic E-state index is 12.9. The summed E-state index contributed by atoms with van der Waals surface area (Å²) in [6.45, 7) is 8.33. The molecule has 1 amide bonds. The van der Waals surface area contributed by atoms with Crippen molar-refractivity contribution in [3.05, 3.63) is 65.2 Å². The molecule has 2 heteroatoms. The molecule has 0 aliphatic rings. The first-order chi connectivity index (χ1) is 10.5. The summed E-state index contributed by atoms with van der Waals surface area (Å²) in [5.41, 5.74) is 4.24. The van der Waals surface area contributed by atoms with Crippen LogP contribution in [0.5, 0.6) is 0 Å². The molecule has 0 aliphatic heterocycles. The summed E-state index contributed by atoms with van der Waals surface area (Å²) in [5.74, 6) is 0.257. The quantitative estimate of drug-likeness (QED) is 0.819. The molecular formula is C20H25NO. The van der Waals surface area contributed by atoms with E-state index in [0.29, 0.717) is 5.92 Å². The van der Waals surface area contributed by atoms with Crippen LogP contribution in [0.25, 0.3) is 0 Å². The van der Waals surface area contributed by atoms with Gasteiger partial charge in [-0.2, -0.15) is 0 Å². The molecule has 0 aromatic heterocycles. The van der Waals surface area contributed by atoms with Crippen molar-refractivity contribution in [1.29, 1.82) is 0 Å². The Bertz CT molecular complexity index is 633. The predicted molar refractivity (Wildman–Crippen MR) is 93.2 cm³/mol. The first-order valence-electron chi connectivity index (χ1n) is 7.96. The largest absolute Gasteiger partial charge is 0.325 e. The first-order valence-corrected chi connectivity index (χ1v) is 7.96. The van der Waals surface area contributed by atoms with Gasteiger partial charge in [0.1, 0.15) is 0 Å². The van der Waals surface area contributed by atoms with Crippen LogP contribution < -0.4 is 5.32 Å². The van der Waals surface area contributed by atoms with Gasteiger partial charge in [0.15, 0.2) is 0 Å². The fourth-order valence-corrected chi connectivity index (χ4v) is 2.72. The van der Waals surface area contributed by atoms with Gasteiger partial charge in [-0.05, 0) is 42.5 Å². The third-order valence-corrected chi connectivity index (χ3v) is 4.31. The lowest BCUT2D eigenvalue weighted by molar-refractivity contribution is -0.118. The third kappa shape index (κ3) is 3.76. The molecule has 2 rings (SSSR count). The second-order valence-corrected chi connectivity index (χ2v) is 6.08. The number of carbonyl (C=O) groups is 1. The molecular weight excluding hydrogens is 270 g/mol. The van der Waals surface area contributed by atoms with Crippen LogP contribution in [-0.2, 0) is 4.79 Å². The zero-order chi connectivity index (χ0) is 16.1. The molecule has 2 atom stereocenters. The molecule has 0 spiro atoms. The first kappa shape index (κ1) is 16.3. The fourth-order valence-electron chi connectivity index (χ4n) is 2.72. The van der Waals surface area contributed by atoms with E-state index in [9.17, 15) is 4.79 Å². The van der Waals surface area contributed by atoms with Crippen molar-refractivity contribution in [2.75, 3.05) is 5.32 Å². The number of amides is 1. The van der Waals surface area contributed by atoms with Crippen LogP contribution in [0.4, 0.5) is 5.69 Å². The second kappa shape index (κ2) is 7.26. The summed E-state index contributed by atoms with van der Waals surface area (Å²) in [6, 6.07) is 16.2. The minimum Gasteiger partial charge on any atom is -0.325 e. The van der Waals surface area contributed by atoms with Crippen LogP contribution in [0.15, 0.2) is 48.5 Å². The zero-order valence-corrected chi connectivity index (χ0v) is 13.9. The molecule has 0 unspecified atom stereocenters. The Morgan fingerprint density at radius 1 is 1.09 bits per heavy atom. The van der Waals surface area contributed by atoms with Crippen molar-refractivity contribution >= 4 is 11.6 Å². The zero-order valence-electron chi connectivity index (χ0n) is 13.9. The average Bonchev–Trinajstić information content (AvgIpc) is 2.52. The third-order valence-electron chi connectivity index (χ3n) is 4.31. The number of anilines is 1. The van der Waals surface area contributed by atoms with Crippen molar-refractivity contribution in [2.24, 2.45) is 5.92 Å². The number of hydrogen-bond acceptors (Lipinski definition) is 1. The molecule has 2 aromatic carbocycles. The maximum absolute atomic E-state index is 12.9. The number of nitrogens with one attached hydrogen (secondary N) is 1. The lowest BCUT2D eigenvalue weighted by Crippen LogP contribution is -2.26. The van der Waals surface area contributed by atoms with Crippen LogP contribution in [0.3, 0.4) is 0 Å². The minimum absolute atomic E-state index is 0.0780. The number of rotatable bonds is 5. The standard InChI is InChI=1S/C20H25NO/c1-5-15(3)19(17-9-7-6-8-10-17)20(22)21-18-13-14(2)11-12-16(18)4/h6-13,15,19H,5H2,1-4H3,(H,21,22)/t15-,19-/m1/s1. The van der Waals surface area contributed by atoms with Gasteiger partial charge in [0.25, 0.3) is 0 Å². The highest BCUT2D eigenvalue weighted by atomic mass is 16.1. The molecule has 2 nitrogen and oxygen atoms in total. The van der Waals surface area contributed by atoms with Gasteiger partial charge in [-0.25, -0.2) is 0 Å². The lowest BCUT2D eigenvalue weighted by atomic mass is 9.85. The normalized spacial score (nSPS) is 13.5. The highest BCUT2D eigenvalue weighted by Gasteiger charge is 2.26. The molecule has 22 heavy (non-hydrogen) atoms. The van der Waals surface area contributed by atoms with Crippen LogP contribution in [-0.4, -0.2) is 5.91 Å². The summed E-state index contributed by atoms with van der Waals surface area (Å²) in [7, 11) is 0. The van der Waals surface area contributed by atoms with E-state index in [0.717, 1.165) is 28.8 Å². The van der Waals surface area contributed by atoms with Gasteiger partial charge in [-0.3, -0.25) is 4.79 Å². The molecule has 0 saturated carbocycles. The Balaban J connectivity index is 2.28.